The number of anilines is 2. The molecule has 0 N–H and O–H groups in total. The van der Waals surface area contributed by atoms with Crippen LogP contribution in [0.4, 0.5) is 11.4 Å². The van der Waals surface area contributed by atoms with Gasteiger partial charge in [0.05, 0.1) is 12.6 Å². The number of carbonyl (C=O) groups excluding carboxylic acids is 2. The van der Waals surface area contributed by atoms with Gasteiger partial charge in [-0.2, -0.15) is 0 Å². The van der Waals surface area contributed by atoms with E-state index in [1.165, 1.54) is 0 Å². The molecule has 3 atom stereocenters. The Bertz CT molecular complexity index is 948. The van der Waals surface area contributed by atoms with Gasteiger partial charge in [-0.3, -0.25) is 14.5 Å². The highest BCUT2D eigenvalue weighted by molar-refractivity contribution is 6.00. The van der Waals surface area contributed by atoms with Crippen LogP contribution in [0.1, 0.15) is 45.2 Å². The van der Waals surface area contributed by atoms with Crippen LogP contribution in [0.3, 0.4) is 0 Å². The second kappa shape index (κ2) is 9.84. The Morgan fingerprint density at radius 3 is 2.50 bits per heavy atom. The van der Waals surface area contributed by atoms with Gasteiger partial charge in [-0.1, -0.05) is 50.2 Å². The van der Waals surface area contributed by atoms with Gasteiger partial charge in [0.1, 0.15) is 6.10 Å². The first-order valence-electron chi connectivity index (χ1n) is 11.7. The molecule has 170 valence electrons. The third-order valence-electron chi connectivity index (χ3n) is 6.59. The van der Waals surface area contributed by atoms with Gasteiger partial charge >= 0.3 is 0 Å². The van der Waals surface area contributed by atoms with Crippen LogP contribution in [0.25, 0.3) is 0 Å². The Morgan fingerprint density at radius 2 is 1.78 bits per heavy atom. The third-order valence-corrected chi connectivity index (χ3v) is 6.59. The van der Waals surface area contributed by atoms with E-state index < -0.39 is 6.10 Å². The van der Waals surface area contributed by atoms with Gasteiger partial charge in [0.2, 0.25) is 5.91 Å². The lowest BCUT2D eigenvalue weighted by atomic mass is 9.89. The molecule has 0 saturated carbocycles. The maximum absolute atomic E-state index is 13.6. The maximum Gasteiger partial charge on any atom is 0.257 e. The minimum atomic E-state index is -0.460. The summed E-state index contributed by atoms with van der Waals surface area (Å²) in [5.74, 6) is 0.0896. The number of fused-ring (bicyclic) bond motifs is 1. The molecule has 0 spiro atoms. The number of para-hydroxylation sites is 2. The van der Waals surface area contributed by atoms with Gasteiger partial charge in [-0.25, -0.2) is 0 Å². The number of amides is 2. The number of likely N-dealkylation sites (N-methyl/N-ethyl adjacent to an activating group) is 1. The Balaban J connectivity index is 1.70. The van der Waals surface area contributed by atoms with Crippen molar-refractivity contribution >= 4 is 23.2 Å². The summed E-state index contributed by atoms with van der Waals surface area (Å²) in [5.41, 5.74) is 2.77. The van der Waals surface area contributed by atoms with Crippen molar-refractivity contribution in [1.29, 1.82) is 0 Å². The van der Waals surface area contributed by atoms with Crippen molar-refractivity contribution in [2.24, 2.45) is 0 Å². The van der Waals surface area contributed by atoms with E-state index in [1.54, 1.807) is 0 Å². The van der Waals surface area contributed by atoms with Crippen LogP contribution in [0.2, 0.25) is 0 Å². The van der Waals surface area contributed by atoms with Crippen LogP contribution >= 0.6 is 0 Å². The minimum absolute atomic E-state index is 0.00892. The Morgan fingerprint density at radius 1 is 1.06 bits per heavy atom. The van der Waals surface area contributed by atoms with Gasteiger partial charge < -0.3 is 14.5 Å². The zero-order chi connectivity index (χ0) is 22.7. The van der Waals surface area contributed by atoms with E-state index in [0.717, 1.165) is 30.0 Å². The van der Waals surface area contributed by atoms with Gasteiger partial charge in [-0.15, -0.1) is 0 Å². The largest absolute Gasteiger partial charge is 0.366 e. The Kier molecular flexibility index (Phi) is 6.92. The van der Waals surface area contributed by atoms with E-state index in [0.29, 0.717) is 26.0 Å². The average Bonchev–Trinajstić information content (AvgIpc) is 2.84. The quantitative estimate of drug-likeness (QED) is 0.712. The lowest BCUT2D eigenvalue weighted by molar-refractivity contribution is -0.136. The molecule has 2 aromatic carbocycles. The number of hydrogen-bond donors (Lipinski definition) is 0. The van der Waals surface area contributed by atoms with Gasteiger partial charge in [0.15, 0.2) is 0 Å². The van der Waals surface area contributed by atoms with Crippen molar-refractivity contribution < 1.29 is 14.3 Å². The summed E-state index contributed by atoms with van der Waals surface area (Å²) in [6, 6.07) is 17.6. The van der Waals surface area contributed by atoms with Crippen molar-refractivity contribution in [3.63, 3.8) is 0 Å². The molecule has 0 aliphatic carbocycles. The Hall–Kier alpha value is -2.70. The summed E-state index contributed by atoms with van der Waals surface area (Å²) in [4.78, 5) is 32.8. The number of hydrogen-bond acceptors (Lipinski definition) is 4. The fourth-order valence-corrected chi connectivity index (χ4v) is 4.91. The summed E-state index contributed by atoms with van der Waals surface area (Å²) >= 11 is 0. The fourth-order valence-electron chi connectivity index (χ4n) is 4.91. The summed E-state index contributed by atoms with van der Waals surface area (Å²) < 4.78 is 5.89. The Labute approximate surface area is 190 Å². The molecule has 2 heterocycles. The summed E-state index contributed by atoms with van der Waals surface area (Å²) in [6.07, 6.45) is 0.638. The molecular formula is C26H33N3O3. The number of morpholine rings is 1. The smallest absolute Gasteiger partial charge is 0.257 e. The summed E-state index contributed by atoms with van der Waals surface area (Å²) in [5, 5.41) is 0. The van der Waals surface area contributed by atoms with E-state index in [2.05, 4.69) is 18.7 Å². The highest BCUT2D eigenvalue weighted by atomic mass is 16.5. The van der Waals surface area contributed by atoms with Gasteiger partial charge in [-0.05, 0) is 43.7 Å². The molecule has 1 fully saturated rings. The van der Waals surface area contributed by atoms with Crippen LogP contribution in [-0.4, -0.2) is 55.1 Å². The zero-order valence-electron chi connectivity index (χ0n) is 19.2. The number of ether oxygens (including phenoxy) is 1. The first-order valence-corrected chi connectivity index (χ1v) is 11.7. The zero-order valence-corrected chi connectivity index (χ0v) is 19.2. The second-order valence-electron chi connectivity index (χ2n) is 8.57. The molecule has 6 nitrogen and oxygen atoms in total. The van der Waals surface area contributed by atoms with Crippen LogP contribution in [0.15, 0.2) is 54.6 Å². The number of rotatable bonds is 5. The molecule has 2 aliphatic rings. The monoisotopic (exact) mass is 435 g/mol. The van der Waals surface area contributed by atoms with E-state index >= 15 is 0 Å². The highest BCUT2D eigenvalue weighted by Gasteiger charge is 2.41. The van der Waals surface area contributed by atoms with Crippen molar-refractivity contribution in [2.45, 2.75) is 51.8 Å². The van der Waals surface area contributed by atoms with Crippen molar-refractivity contribution in [2.75, 3.05) is 36.0 Å². The summed E-state index contributed by atoms with van der Waals surface area (Å²) in [7, 11) is 0. The van der Waals surface area contributed by atoms with Crippen LogP contribution in [0, 0.1) is 0 Å². The van der Waals surface area contributed by atoms with Crippen LogP contribution in [0.5, 0.6) is 0 Å². The van der Waals surface area contributed by atoms with E-state index in [9.17, 15) is 9.59 Å². The molecular weight excluding hydrogens is 402 g/mol. The fraction of sp³-hybridized carbons (Fsp3) is 0.462. The predicted molar refractivity (Wildman–Crippen MR) is 127 cm³/mol. The van der Waals surface area contributed by atoms with Crippen molar-refractivity contribution in [3.05, 3.63) is 60.2 Å². The average molecular weight is 436 g/mol. The van der Waals surface area contributed by atoms with E-state index in [-0.39, 0.29) is 23.9 Å². The second-order valence-corrected chi connectivity index (χ2v) is 8.57. The molecule has 2 amide bonds. The molecule has 0 bridgehead atoms. The molecule has 6 heteroatoms. The molecule has 1 saturated heterocycles. The van der Waals surface area contributed by atoms with Gasteiger partial charge in [0.25, 0.3) is 5.91 Å². The lowest BCUT2D eigenvalue weighted by Crippen LogP contribution is -2.55. The van der Waals surface area contributed by atoms with Gasteiger partial charge in [0, 0.05) is 36.9 Å². The number of carbonyl (C=O) groups is 2. The standard InChI is InChI=1S/C26H33N3O3/c1-4-25(30)29(20-11-7-6-8-12-20)23-17-19(3)28(22-14-10-9-13-21(22)23)26(31)24-18-27(5-2)15-16-32-24/h6-14,19,23-24H,4-5,15-18H2,1-3H3. The molecule has 4 rings (SSSR count). The van der Waals surface area contributed by atoms with Crippen molar-refractivity contribution in [3.8, 4) is 0 Å². The first-order chi connectivity index (χ1) is 15.5. The SMILES string of the molecule is CCC(=O)N(c1ccccc1)C1CC(C)N(C(=O)C2CN(CC)CCO2)c2ccccc21. The molecule has 2 aromatic rings. The highest BCUT2D eigenvalue weighted by Crippen LogP contribution is 2.42. The van der Waals surface area contributed by atoms with Crippen LogP contribution in [-0.2, 0) is 14.3 Å². The van der Waals surface area contributed by atoms with E-state index in [4.69, 9.17) is 4.74 Å². The number of benzene rings is 2. The molecule has 3 unspecified atom stereocenters. The maximum atomic E-state index is 13.6. The molecule has 0 radical (unpaired) electrons. The van der Waals surface area contributed by atoms with Crippen molar-refractivity contribution in [1.82, 2.24) is 4.90 Å². The third kappa shape index (κ3) is 4.30. The first kappa shape index (κ1) is 22.5. The molecule has 0 aromatic heterocycles. The topological polar surface area (TPSA) is 53.1 Å². The minimum Gasteiger partial charge on any atom is -0.366 e. The predicted octanol–water partition coefficient (Wildman–Crippen LogP) is 4.02. The molecule has 2 aliphatic heterocycles. The van der Waals surface area contributed by atoms with Crippen LogP contribution < -0.4 is 9.80 Å². The van der Waals surface area contributed by atoms with E-state index in [1.807, 2.05) is 71.3 Å². The number of nitrogens with zero attached hydrogens (tertiary/aromatic N) is 3. The lowest BCUT2D eigenvalue weighted by Gasteiger charge is -2.45. The normalized spacial score (nSPS) is 23.5. The summed E-state index contributed by atoms with van der Waals surface area (Å²) in [6.45, 7) is 9.04. The molecule has 32 heavy (non-hydrogen) atoms.